The van der Waals surface area contributed by atoms with E-state index in [1.807, 2.05) is 6.92 Å². The molecular formula is C17H23N3O3. The van der Waals surface area contributed by atoms with Crippen LogP contribution in [0.25, 0.3) is 0 Å². The van der Waals surface area contributed by atoms with Gasteiger partial charge in [0, 0.05) is 30.4 Å². The van der Waals surface area contributed by atoms with Crippen molar-refractivity contribution < 1.29 is 14.3 Å². The minimum absolute atomic E-state index is 0.00616. The van der Waals surface area contributed by atoms with E-state index in [0.29, 0.717) is 43.5 Å². The molecule has 3 rings (SSSR count). The molecule has 0 radical (unpaired) electrons. The van der Waals surface area contributed by atoms with Crippen LogP contribution in [-0.4, -0.2) is 49.2 Å². The maximum absolute atomic E-state index is 12.3. The van der Waals surface area contributed by atoms with Crippen LogP contribution >= 0.6 is 0 Å². The predicted octanol–water partition coefficient (Wildman–Crippen LogP) is 2.08. The number of nitrogens with one attached hydrogen (secondary N) is 2. The zero-order chi connectivity index (χ0) is 16.2. The minimum Gasteiger partial charge on any atom is -0.378 e. The van der Waals surface area contributed by atoms with E-state index in [9.17, 15) is 9.59 Å². The topological polar surface area (TPSA) is 70.7 Å². The number of hydrogen-bond acceptors (Lipinski definition) is 3. The SMILES string of the molecule is CC(NC(=O)Nc1ccc(C(=O)N2CCOCC2)cc1)C1CC1. The maximum atomic E-state index is 12.3. The Morgan fingerprint density at radius 1 is 1.17 bits per heavy atom. The lowest BCUT2D eigenvalue weighted by Crippen LogP contribution is -2.40. The summed E-state index contributed by atoms with van der Waals surface area (Å²) < 4.78 is 5.25. The largest absolute Gasteiger partial charge is 0.378 e. The first-order chi connectivity index (χ1) is 11.1. The van der Waals surface area contributed by atoms with E-state index in [1.54, 1.807) is 29.2 Å². The maximum Gasteiger partial charge on any atom is 0.319 e. The fourth-order valence-corrected chi connectivity index (χ4v) is 2.73. The highest BCUT2D eigenvalue weighted by Gasteiger charge is 2.28. The van der Waals surface area contributed by atoms with E-state index in [1.165, 1.54) is 12.8 Å². The fraction of sp³-hybridized carbons (Fsp3) is 0.529. The first kappa shape index (κ1) is 15.8. The van der Waals surface area contributed by atoms with Gasteiger partial charge in [-0.3, -0.25) is 4.79 Å². The van der Waals surface area contributed by atoms with Crippen molar-refractivity contribution in [1.82, 2.24) is 10.2 Å². The average Bonchev–Trinajstić information content (AvgIpc) is 3.40. The predicted molar refractivity (Wildman–Crippen MR) is 87.5 cm³/mol. The molecule has 1 aliphatic heterocycles. The molecule has 1 aliphatic carbocycles. The number of hydrogen-bond donors (Lipinski definition) is 2. The normalized spacial score (nSPS) is 19.1. The molecule has 2 aliphatic rings. The van der Waals surface area contributed by atoms with Crippen molar-refractivity contribution in [2.24, 2.45) is 5.92 Å². The third-order valence-corrected chi connectivity index (χ3v) is 4.38. The van der Waals surface area contributed by atoms with Crippen LogP contribution in [-0.2, 0) is 4.74 Å². The number of rotatable bonds is 4. The van der Waals surface area contributed by atoms with Gasteiger partial charge in [-0.05, 0) is 49.9 Å². The molecule has 0 bridgehead atoms. The van der Waals surface area contributed by atoms with Gasteiger partial charge < -0.3 is 20.3 Å². The van der Waals surface area contributed by atoms with Crippen LogP contribution in [0, 0.1) is 5.92 Å². The number of nitrogens with zero attached hydrogens (tertiary/aromatic N) is 1. The van der Waals surface area contributed by atoms with E-state index in [0.717, 1.165) is 0 Å². The van der Waals surface area contributed by atoms with Gasteiger partial charge in [0.2, 0.25) is 0 Å². The van der Waals surface area contributed by atoms with E-state index in [-0.39, 0.29) is 18.0 Å². The molecule has 1 aromatic carbocycles. The van der Waals surface area contributed by atoms with Crippen molar-refractivity contribution in [3.8, 4) is 0 Å². The lowest BCUT2D eigenvalue weighted by Gasteiger charge is -2.26. The molecule has 0 spiro atoms. The highest BCUT2D eigenvalue weighted by molar-refractivity contribution is 5.95. The molecule has 6 heteroatoms. The molecule has 2 fully saturated rings. The highest BCUT2D eigenvalue weighted by Crippen LogP contribution is 2.32. The number of ether oxygens (including phenoxy) is 1. The van der Waals surface area contributed by atoms with Gasteiger partial charge in [0.1, 0.15) is 0 Å². The molecule has 1 saturated carbocycles. The number of morpholine rings is 1. The lowest BCUT2D eigenvalue weighted by atomic mass is 10.1. The number of benzene rings is 1. The molecule has 1 saturated heterocycles. The van der Waals surface area contributed by atoms with Gasteiger partial charge in [-0.15, -0.1) is 0 Å². The second-order valence-corrected chi connectivity index (χ2v) is 6.21. The summed E-state index contributed by atoms with van der Waals surface area (Å²) in [5, 5.41) is 5.75. The van der Waals surface area contributed by atoms with Crippen LogP contribution in [0.2, 0.25) is 0 Å². The molecule has 23 heavy (non-hydrogen) atoms. The van der Waals surface area contributed by atoms with Crippen LogP contribution < -0.4 is 10.6 Å². The third kappa shape index (κ3) is 4.22. The molecule has 1 atom stereocenters. The fourth-order valence-electron chi connectivity index (χ4n) is 2.73. The molecule has 3 amide bonds. The summed E-state index contributed by atoms with van der Waals surface area (Å²) in [4.78, 5) is 26.0. The Balaban J connectivity index is 1.53. The Labute approximate surface area is 136 Å². The van der Waals surface area contributed by atoms with Gasteiger partial charge in [0.25, 0.3) is 5.91 Å². The summed E-state index contributed by atoms with van der Waals surface area (Å²) in [5.74, 6) is 0.626. The van der Waals surface area contributed by atoms with Crippen LogP contribution in [0.4, 0.5) is 10.5 Å². The van der Waals surface area contributed by atoms with Gasteiger partial charge in [0.15, 0.2) is 0 Å². The van der Waals surface area contributed by atoms with Crippen molar-refractivity contribution in [3.05, 3.63) is 29.8 Å². The van der Waals surface area contributed by atoms with E-state index < -0.39 is 0 Å². The standard InChI is InChI=1S/C17H23N3O3/c1-12(13-2-3-13)18-17(22)19-15-6-4-14(5-7-15)16(21)20-8-10-23-11-9-20/h4-7,12-13H,2-3,8-11H2,1H3,(H2,18,19,22). The zero-order valence-electron chi connectivity index (χ0n) is 13.4. The highest BCUT2D eigenvalue weighted by atomic mass is 16.5. The van der Waals surface area contributed by atoms with Crippen LogP contribution in [0.3, 0.4) is 0 Å². The van der Waals surface area contributed by atoms with Crippen molar-refractivity contribution in [2.75, 3.05) is 31.6 Å². The molecule has 1 unspecified atom stereocenters. The number of amides is 3. The Bertz CT molecular complexity index is 563. The Morgan fingerprint density at radius 3 is 2.43 bits per heavy atom. The summed E-state index contributed by atoms with van der Waals surface area (Å²) >= 11 is 0. The van der Waals surface area contributed by atoms with Crippen molar-refractivity contribution in [1.29, 1.82) is 0 Å². The van der Waals surface area contributed by atoms with Crippen molar-refractivity contribution in [3.63, 3.8) is 0 Å². The van der Waals surface area contributed by atoms with Crippen molar-refractivity contribution in [2.45, 2.75) is 25.8 Å². The smallest absolute Gasteiger partial charge is 0.319 e. The summed E-state index contributed by atoms with van der Waals surface area (Å²) in [7, 11) is 0. The van der Waals surface area contributed by atoms with Gasteiger partial charge >= 0.3 is 6.03 Å². The van der Waals surface area contributed by atoms with Gasteiger partial charge in [-0.25, -0.2) is 4.79 Å². The molecule has 124 valence electrons. The summed E-state index contributed by atoms with van der Waals surface area (Å²) in [6, 6.07) is 7.02. The van der Waals surface area contributed by atoms with Crippen LogP contribution in [0.1, 0.15) is 30.1 Å². The molecular weight excluding hydrogens is 294 g/mol. The molecule has 2 N–H and O–H groups in total. The van der Waals surface area contributed by atoms with Crippen LogP contribution in [0.5, 0.6) is 0 Å². The molecule has 6 nitrogen and oxygen atoms in total. The minimum atomic E-state index is -0.198. The van der Waals surface area contributed by atoms with Crippen molar-refractivity contribution >= 4 is 17.6 Å². The Hall–Kier alpha value is -2.08. The summed E-state index contributed by atoms with van der Waals surface area (Å²) in [6.07, 6.45) is 2.39. The second-order valence-electron chi connectivity index (χ2n) is 6.21. The quantitative estimate of drug-likeness (QED) is 0.893. The van der Waals surface area contributed by atoms with Crippen LogP contribution in [0.15, 0.2) is 24.3 Å². The van der Waals surface area contributed by atoms with E-state index >= 15 is 0 Å². The second kappa shape index (κ2) is 7.00. The molecule has 1 aromatic rings. The number of urea groups is 1. The number of carbonyl (C=O) groups excluding carboxylic acids is 2. The zero-order valence-corrected chi connectivity index (χ0v) is 13.4. The first-order valence-corrected chi connectivity index (χ1v) is 8.18. The first-order valence-electron chi connectivity index (χ1n) is 8.18. The average molecular weight is 317 g/mol. The summed E-state index contributed by atoms with van der Waals surface area (Å²) in [5.41, 5.74) is 1.31. The van der Waals surface area contributed by atoms with Gasteiger partial charge in [-0.2, -0.15) is 0 Å². The van der Waals surface area contributed by atoms with E-state index in [4.69, 9.17) is 4.74 Å². The third-order valence-electron chi connectivity index (χ3n) is 4.38. The summed E-state index contributed by atoms with van der Waals surface area (Å²) in [6.45, 7) is 4.46. The number of anilines is 1. The van der Waals surface area contributed by atoms with Gasteiger partial charge in [0.05, 0.1) is 13.2 Å². The lowest BCUT2D eigenvalue weighted by molar-refractivity contribution is 0.0303. The Kier molecular flexibility index (Phi) is 4.81. The molecule has 1 heterocycles. The van der Waals surface area contributed by atoms with Gasteiger partial charge in [-0.1, -0.05) is 0 Å². The Morgan fingerprint density at radius 2 is 1.83 bits per heavy atom. The van der Waals surface area contributed by atoms with E-state index in [2.05, 4.69) is 10.6 Å². The molecule has 0 aromatic heterocycles. The monoisotopic (exact) mass is 317 g/mol. The number of carbonyl (C=O) groups is 2.